The normalized spacial score (nSPS) is 20.4. The average Bonchev–Trinajstić information content (AvgIpc) is 3.31. The molecule has 0 aromatic carbocycles. The van der Waals surface area contributed by atoms with Crippen molar-refractivity contribution >= 4 is 15.9 Å². The Hall–Kier alpha value is -2.27. The maximum atomic E-state index is 13.0. The number of nitrogens with zero attached hydrogens (tertiary/aromatic N) is 5. The molecule has 160 valence electrons. The van der Waals surface area contributed by atoms with Crippen LogP contribution in [0, 0.1) is 0 Å². The van der Waals surface area contributed by atoms with Crippen molar-refractivity contribution in [2.75, 3.05) is 19.6 Å². The molecule has 0 aliphatic carbocycles. The summed E-state index contributed by atoms with van der Waals surface area (Å²) < 4.78 is 34.3. The minimum absolute atomic E-state index is 0.00898. The Labute approximate surface area is 170 Å². The predicted octanol–water partition coefficient (Wildman–Crippen LogP) is 1.39. The topological polar surface area (TPSA) is 123 Å². The lowest BCUT2D eigenvalue weighted by Crippen LogP contribution is -2.36. The summed E-state index contributed by atoms with van der Waals surface area (Å²) in [5.41, 5.74) is 0. The van der Waals surface area contributed by atoms with Crippen molar-refractivity contribution in [1.82, 2.24) is 29.3 Å². The van der Waals surface area contributed by atoms with Crippen LogP contribution in [0.25, 0.3) is 0 Å². The van der Waals surface area contributed by atoms with E-state index in [2.05, 4.69) is 20.4 Å². The van der Waals surface area contributed by atoms with Gasteiger partial charge < -0.3 is 14.4 Å². The van der Waals surface area contributed by atoms with Crippen LogP contribution in [-0.4, -0.2) is 58.0 Å². The van der Waals surface area contributed by atoms with Gasteiger partial charge in [-0.15, -0.1) is 0 Å². The Balaban J connectivity index is 1.77. The molecule has 1 fully saturated rings. The largest absolute Gasteiger partial charge is 0.356 e. The van der Waals surface area contributed by atoms with E-state index < -0.39 is 10.0 Å². The molecule has 1 saturated heterocycles. The van der Waals surface area contributed by atoms with E-state index >= 15 is 0 Å². The quantitative estimate of drug-likeness (QED) is 0.786. The second-order valence-electron chi connectivity index (χ2n) is 7.65. The summed E-state index contributed by atoms with van der Waals surface area (Å²) in [6.07, 6.45) is 4.99. The Kier molecular flexibility index (Phi) is 6.68. The number of aryl methyl sites for hydroxylation is 1. The number of carbonyl (C=O) groups is 1. The van der Waals surface area contributed by atoms with Gasteiger partial charge in [-0.2, -0.15) is 9.29 Å². The van der Waals surface area contributed by atoms with Crippen LogP contribution < -0.4 is 5.32 Å². The molecule has 1 N–H and O–H groups in total. The van der Waals surface area contributed by atoms with E-state index in [9.17, 15) is 13.2 Å². The van der Waals surface area contributed by atoms with Gasteiger partial charge in [0.25, 0.3) is 10.0 Å². The smallest absolute Gasteiger partial charge is 0.262 e. The molecule has 3 heterocycles. The number of imidazole rings is 1. The summed E-state index contributed by atoms with van der Waals surface area (Å²) in [5.74, 6) is 1.14. The standard InChI is InChI=1S/C18H28N6O4S/c1-13(2)17-21-18(28-22-17)14-5-4-9-24(10-7-15(25)19-8-6-14)29(26,27)16-11-23(3)12-20-16/h11-14H,4-10H2,1-3H3,(H,19,25). The number of hydrogen-bond donors (Lipinski definition) is 1. The molecule has 11 heteroatoms. The molecule has 2 aromatic rings. The van der Waals surface area contributed by atoms with Crippen molar-refractivity contribution in [2.45, 2.75) is 56.4 Å². The molecular formula is C18H28N6O4S. The maximum Gasteiger partial charge on any atom is 0.262 e. The van der Waals surface area contributed by atoms with Gasteiger partial charge in [0.2, 0.25) is 11.8 Å². The molecule has 3 rings (SSSR count). The van der Waals surface area contributed by atoms with Crippen LogP contribution in [0.15, 0.2) is 22.1 Å². The van der Waals surface area contributed by atoms with E-state index in [1.54, 1.807) is 11.6 Å². The molecule has 0 bridgehead atoms. The van der Waals surface area contributed by atoms with Crippen LogP contribution in [0.4, 0.5) is 0 Å². The van der Waals surface area contributed by atoms with E-state index in [0.717, 1.165) is 0 Å². The predicted molar refractivity (Wildman–Crippen MR) is 105 cm³/mol. The monoisotopic (exact) mass is 424 g/mol. The summed E-state index contributed by atoms with van der Waals surface area (Å²) >= 11 is 0. The molecule has 0 saturated carbocycles. The zero-order chi connectivity index (χ0) is 21.0. The second-order valence-corrected chi connectivity index (χ2v) is 9.54. The van der Waals surface area contributed by atoms with Crippen molar-refractivity contribution in [2.24, 2.45) is 7.05 Å². The first-order valence-electron chi connectivity index (χ1n) is 9.85. The van der Waals surface area contributed by atoms with Gasteiger partial charge in [0.05, 0.1) is 6.33 Å². The lowest BCUT2D eigenvalue weighted by molar-refractivity contribution is -0.121. The van der Waals surface area contributed by atoms with Gasteiger partial charge in [-0.05, 0) is 19.3 Å². The van der Waals surface area contributed by atoms with Gasteiger partial charge in [0.15, 0.2) is 10.9 Å². The first kappa shape index (κ1) is 21.4. The van der Waals surface area contributed by atoms with Crippen LogP contribution in [0.1, 0.15) is 63.1 Å². The molecule has 1 aliphatic heterocycles. The van der Waals surface area contributed by atoms with Crippen LogP contribution in [0.5, 0.6) is 0 Å². The summed E-state index contributed by atoms with van der Waals surface area (Å²) in [5, 5.41) is 6.87. The highest BCUT2D eigenvalue weighted by atomic mass is 32.2. The minimum atomic E-state index is -3.76. The third-order valence-corrected chi connectivity index (χ3v) is 6.76. The van der Waals surface area contributed by atoms with Gasteiger partial charge in [0, 0.05) is 51.1 Å². The van der Waals surface area contributed by atoms with Crippen molar-refractivity contribution in [1.29, 1.82) is 0 Å². The molecule has 1 aliphatic rings. The van der Waals surface area contributed by atoms with Gasteiger partial charge in [0.1, 0.15) is 0 Å². The number of rotatable bonds is 4. The second kappa shape index (κ2) is 9.04. The van der Waals surface area contributed by atoms with Crippen molar-refractivity contribution in [3.8, 4) is 0 Å². The number of hydrogen-bond acceptors (Lipinski definition) is 7. The van der Waals surface area contributed by atoms with Gasteiger partial charge in [-0.25, -0.2) is 13.4 Å². The lowest BCUT2D eigenvalue weighted by Gasteiger charge is -2.21. The van der Waals surface area contributed by atoms with Crippen molar-refractivity contribution in [3.05, 3.63) is 24.2 Å². The molecule has 10 nitrogen and oxygen atoms in total. The van der Waals surface area contributed by atoms with Crippen molar-refractivity contribution in [3.63, 3.8) is 0 Å². The van der Waals surface area contributed by atoms with E-state index in [1.807, 2.05) is 13.8 Å². The first-order chi connectivity index (χ1) is 13.8. The highest BCUT2D eigenvalue weighted by molar-refractivity contribution is 7.89. The molecular weight excluding hydrogens is 396 g/mol. The summed E-state index contributed by atoms with van der Waals surface area (Å²) in [6, 6.07) is 0. The molecule has 0 spiro atoms. The lowest BCUT2D eigenvalue weighted by atomic mass is 9.99. The van der Waals surface area contributed by atoms with Gasteiger partial charge in [-0.1, -0.05) is 19.0 Å². The Morgan fingerprint density at radius 2 is 2.07 bits per heavy atom. The van der Waals surface area contributed by atoms with Crippen LogP contribution >= 0.6 is 0 Å². The summed E-state index contributed by atoms with van der Waals surface area (Å²) in [6.45, 7) is 4.89. The number of sulfonamides is 1. The van der Waals surface area contributed by atoms with Crippen LogP contribution in [-0.2, 0) is 21.9 Å². The van der Waals surface area contributed by atoms with E-state index in [-0.39, 0.29) is 35.7 Å². The maximum absolute atomic E-state index is 13.0. The molecule has 1 amide bonds. The fourth-order valence-corrected chi connectivity index (χ4v) is 4.71. The fraction of sp³-hybridized carbons (Fsp3) is 0.667. The SMILES string of the molecule is CC(C)c1noc(C2CCCN(S(=O)(=O)c3cn(C)cn3)CCC(=O)NCC2)n1. The van der Waals surface area contributed by atoms with E-state index in [0.29, 0.717) is 44.1 Å². The third kappa shape index (κ3) is 5.21. The zero-order valence-corrected chi connectivity index (χ0v) is 17.9. The van der Waals surface area contributed by atoms with Crippen LogP contribution in [0.2, 0.25) is 0 Å². The highest BCUT2D eigenvalue weighted by Gasteiger charge is 2.28. The fourth-order valence-electron chi connectivity index (χ4n) is 3.26. The molecule has 1 atom stereocenters. The van der Waals surface area contributed by atoms with Gasteiger partial charge >= 0.3 is 0 Å². The zero-order valence-electron chi connectivity index (χ0n) is 17.0. The molecule has 1 unspecified atom stereocenters. The number of carbonyl (C=O) groups excluding carboxylic acids is 1. The highest BCUT2D eigenvalue weighted by Crippen LogP contribution is 2.26. The molecule has 29 heavy (non-hydrogen) atoms. The van der Waals surface area contributed by atoms with Crippen LogP contribution in [0.3, 0.4) is 0 Å². The number of aromatic nitrogens is 4. The van der Waals surface area contributed by atoms with Gasteiger partial charge in [-0.3, -0.25) is 4.79 Å². The Morgan fingerprint density at radius 3 is 2.72 bits per heavy atom. The number of nitrogens with one attached hydrogen (secondary N) is 1. The summed E-state index contributed by atoms with van der Waals surface area (Å²) in [4.78, 5) is 20.6. The van der Waals surface area contributed by atoms with Crippen molar-refractivity contribution < 1.29 is 17.7 Å². The first-order valence-corrected chi connectivity index (χ1v) is 11.3. The molecule has 0 radical (unpaired) electrons. The average molecular weight is 425 g/mol. The number of amides is 1. The van der Waals surface area contributed by atoms with E-state index in [1.165, 1.54) is 16.8 Å². The Morgan fingerprint density at radius 1 is 1.28 bits per heavy atom. The summed E-state index contributed by atoms with van der Waals surface area (Å²) in [7, 11) is -2.05. The molecule has 2 aromatic heterocycles. The van der Waals surface area contributed by atoms with E-state index in [4.69, 9.17) is 4.52 Å². The Bertz CT molecular complexity index is 936. The third-order valence-electron chi connectivity index (χ3n) is 4.97. The minimum Gasteiger partial charge on any atom is -0.356 e.